The van der Waals surface area contributed by atoms with E-state index in [0.29, 0.717) is 6.42 Å². The molecule has 0 amide bonds. The van der Waals surface area contributed by atoms with Crippen LogP contribution >= 0.6 is 0 Å². The number of ether oxygens (including phenoxy) is 1. The van der Waals surface area contributed by atoms with Crippen LogP contribution in [0.2, 0.25) is 0 Å². The molecule has 1 aliphatic rings. The Morgan fingerprint density at radius 1 is 1.32 bits per heavy atom. The molecule has 1 aliphatic carbocycles. The van der Waals surface area contributed by atoms with Gasteiger partial charge in [0.1, 0.15) is 11.9 Å². The SMILES string of the molecule is CNC1(CO)CCC(Oc2ccc(CCO)cc2)C1. The zero-order valence-electron chi connectivity index (χ0n) is 11.4. The van der Waals surface area contributed by atoms with Crippen molar-refractivity contribution in [1.29, 1.82) is 0 Å². The maximum absolute atomic E-state index is 9.45. The van der Waals surface area contributed by atoms with Crippen LogP contribution in [-0.4, -0.2) is 42.1 Å². The molecule has 4 nitrogen and oxygen atoms in total. The fourth-order valence-corrected chi connectivity index (χ4v) is 2.68. The van der Waals surface area contributed by atoms with Crippen LogP contribution in [0.25, 0.3) is 0 Å². The summed E-state index contributed by atoms with van der Waals surface area (Å²) in [5.41, 5.74) is 0.933. The number of aliphatic hydroxyl groups excluding tert-OH is 2. The van der Waals surface area contributed by atoms with E-state index in [1.165, 1.54) is 0 Å². The predicted octanol–water partition coefficient (Wildman–Crippen LogP) is 1.10. The molecule has 0 saturated heterocycles. The molecule has 3 N–H and O–H groups in total. The fourth-order valence-electron chi connectivity index (χ4n) is 2.68. The second-order valence-corrected chi connectivity index (χ2v) is 5.29. The summed E-state index contributed by atoms with van der Waals surface area (Å²) in [7, 11) is 1.89. The van der Waals surface area contributed by atoms with Gasteiger partial charge in [-0.3, -0.25) is 0 Å². The van der Waals surface area contributed by atoms with E-state index in [0.717, 1.165) is 30.6 Å². The molecule has 1 saturated carbocycles. The van der Waals surface area contributed by atoms with E-state index in [9.17, 15) is 5.11 Å². The first-order valence-electron chi connectivity index (χ1n) is 6.87. The Kier molecular flexibility index (Phi) is 4.80. The minimum absolute atomic E-state index is 0.152. The highest BCUT2D eigenvalue weighted by molar-refractivity contribution is 5.27. The summed E-state index contributed by atoms with van der Waals surface area (Å²) in [5, 5.41) is 21.5. The first-order chi connectivity index (χ1) is 9.21. The highest BCUT2D eigenvalue weighted by Gasteiger charge is 2.38. The Morgan fingerprint density at radius 3 is 2.58 bits per heavy atom. The molecular weight excluding hydrogens is 242 g/mol. The molecule has 0 bridgehead atoms. The van der Waals surface area contributed by atoms with Crippen LogP contribution in [0, 0.1) is 0 Å². The van der Waals surface area contributed by atoms with Gasteiger partial charge in [-0.05, 0) is 44.0 Å². The summed E-state index contributed by atoms with van der Waals surface area (Å²) < 4.78 is 5.95. The van der Waals surface area contributed by atoms with Crippen molar-refractivity contribution in [3.63, 3.8) is 0 Å². The van der Waals surface area contributed by atoms with E-state index in [1.54, 1.807) is 0 Å². The van der Waals surface area contributed by atoms with E-state index < -0.39 is 0 Å². The summed E-state index contributed by atoms with van der Waals surface area (Å²) in [5.74, 6) is 0.858. The summed E-state index contributed by atoms with van der Waals surface area (Å²) in [6.45, 7) is 0.322. The molecule has 4 heteroatoms. The third-order valence-electron chi connectivity index (χ3n) is 4.02. The first kappa shape index (κ1) is 14.3. The third-order valence-corrected chi connectivity index (χ3v) is 4.02. The maximum atomic E-state index is 9.45. The highest BCUT2D eigenvalue weighted by Crippen LogP contribution is 2.32. The minimum atomic E-state index is -0.179. The van der Waals surface area contributed by atoms with Gasteiger partial charge in [-0.25, -0.2) is 0 Å². The van der Waals surface area contributed by atoms with Gasteiger partial charge in [0, 0.05) is 18.6 Å². The van der Waals surface area contributed by atoms with Crippen LogP contribution in [-0.2, 0) is 6.42 Å². The molecule has 0 aliphatic heterocycles. The molecule has 2 atom stereocenters. The van der Waals surface area contributed by atoms with Crippen LogP contribution in [0.5, 0.6) is 5.75 Å². The normalized spacial score (nSPS) is 26.6. The molecule has 0 spiro atoms. The van der Waals surface area contributed by atoms with E-state index in [4.69, 9.17) is 9.84 Å². The van der Waals surface area contributed by atoms with Crippen molar-refractivity contribution in [2.45, 2.75) is 37.3 Å². The van der Waals surface area contributed by atoms with Gasteiger partial charge < -0.3 is 20.3 Å². The maximum Gasteiger partial charge on any atom is 0.119 e. The quantitative estimate of drug-likeness (QED) is 0.721. The summed E-state index contributed by atoms with van der Waals surface area (Å²) in [6, 6.07) is 7.86. The van der Waals surface area contributed by atoms with Crippen molar-refractivity contribution < 1.29 is 14.9 Å². The molecule has 1 aromatic carbocycles. The van der Waals surface area contributed by atoms with Crippen molar-refractivity contribution in [3.8, 4) is 5.75 Å². The summed E-state index contributed by atoms with van der Waals surface area (Å²) in [4.78, 5) is 0. The lowest BCUT2D eigenvalue weighted by atomic mass is 9.99. The van der Waals surface area contributed by atoms with Gasteiger partial charge >= 0.3 is 0 Å². The predicted molar refractivity (Wildman–Crippen MR) is 74.4 cm³/mol. The lowest BCUT2D eigenvalue weighted by Gasteiger charge is -2.26. The van der Waals surface area contributed by atoms with Crippen molar-refractivity contribution in [2.75, 3.05) is 20.3 Å². The molecule has 0 aromatic heterocycles. The number of benzene rings is 1. The van der Waals surface area contributed by atoms with Crippen molar-refractivity contribution in [2.24, 2.45) is 0 Å². The van der Waals surface area contributed by atoms with Gasteiger partial charge in [-0.1, -0.05) is 12.1 Å². The van der Waals surface area contributed by atoms with Gasteiger partial charge in [0.15, 0.2) is 0 Å². The smallest absolute Gasteiger partial charge is 0.119 e. The number of hydrogen-bond donors (Lipinski definition) is 3. The van der Waals surface area contributed by atoms with Gasteiger partial charge in [0.05, 0.1) is 6.61 Å². The fraction of sp³-hybridized carbons (Fsp3) is 0.600. The van der Waals surface area contributed by atoms with Crippen molar-refractivity contribution in [3.05, 3.63) is 29.8 Å². The number of nitrogens with one attached hydrogen (secondary N) is 1. The van der Waals surface area contributed by atoms with E-state index in [1.807, 2.05) is 31.3 Å². The lowest BCUT2D eigenvalue weighted by Crippen LogP contribution is -2.44. The number of likely N-dealkylation sites (N-methyl/N-ethyl adjacent to an activating group) is 1. The monoisotopic (exact) mass is 265 g/mol. The summed E-state index contributed by atoms with van der Waals surface area (Å²) >= 11 is 0. The zero-order chi connectivity index (χ0) is 13.7. The van der Waals surface area contributed by atoms with Crippen LogP contribution in [0.4, 0.5) is 0 Å². The van der Waals surface area contributed by atoms with Gasteiger partial charge in [0.2, 0.25) is 0 Å². The van der Waals surface area contributed by atoms with Crippen LogP contribution in [0.15, 0.2) is 24.3 Å². The number of hydrogen-bond acceptors (Lipinski definition) is 4. The number of rotatable bonds is 6. The summed E-state index contributed by atoms with van der Waals surface area (Å²) in [6.07, 6.45) is 3.56. The van der Waals surface area contributed by atoms with Crippen LogP contribution < -0.4 is 10.1 Å². The zero-order valence-corrected chi connectivity index (χ0v) is 11.4. The van der Waals surface area contributed by atoms with E-state index in [-0.39, 0.29) is 24.9 Å². The second kappa shape index (κ2) is 6.37. The van der Waals surface area contributed by atoms with Crippen molar-refractivity contribution >= 4 is 0 Å². The molecule has 106 valence electrons. The molecule has 2 rings (SSSR count). The number of aliphatic hydroxyl groups is 2. The standard InChI is InChI=1S/C15H23NO3/c1-16-15(11-18)8-6-14(10-15)19-13-4-2-12(3-5-13)7-9-17/h2-5,14,16-18H,6-11H2,1H3. The molecule has 19 heavy (non-hydrogen) atoms. The molecule has 0 heterocycles. The molecule has 2 unspecified atom stereocenters. The Hall–Kier alpha value is -1.10. The minimum Gasteiger partial charge on any atom is -0.490 e. The molecule has 1 fully saturated rings. The van der Waals surface area contributed by atoms with Crippen LogP contribution in [0.3, 0.4) is 0 Å². The average Bonchev–Trinajstić information content (AvgIpc) is 2.85. The van der Waals surface area contributed by atoms with Gasteiger partial charge in [-0.15, -0.1) is 0 Å². The molecule has 1 aromatic rings. The molecular formula is C15H23NO3. The Labute approximate surface area is 114 Å². The topological polar surface area (TPSA) is 61.7 Å². The average molecular weight is 265 g/mol. The Bertz CT molecular complexity index is 387. The van der Waals surface area contributed by atoms with Gasteiger partial charge in [-0.2, -0.15) is 0 Å². The first-order valence-corrected chi connectivity index (χ1v) is 6.87. The Morgan fingerprint density at radius 2 is 2.05 bits per heavy atom. The lowest BCUT2D eigenvalue weighted by molar-refractivity contribution is 0.146. The third kappa shape index (κ3) is 3.47. The van der Waals surface area contributed by atoms with Crippen LogP contribution in [0.1, 0.15) is 24.8 Å². The largest absolute Gasteiger partial charge is 0.490 e. The second-order valence-electron chi connectivity index (χ2n) is 5.29. The van der Waals surface area contributed by atoms with Crippen molar-refractivity contribution in [1.82, 2.24) is 5.32 Å². The van der Waals surface area contributed by atoms with E-state index in [2.05, 4.69) is 5.32 Å². The van der Waals surface area contributed by atoms with E-state index >= 15 is 0 Å². The van der Waals surface area contributed by atoms with Gasteiger partial charge in [0.25, 0.3) is 0 Å². The Balaban J connectivity index is 1.91. The highest BCUT2D eigenvalue weighted by atomic mass is 16.5. The molecule has 0 radical (unpaired) electrons.